The molecule has 12 heavy (non-hydrogen) atoms. The molecule has 1 aliphatic rings. The van der Waals surface area contributed by atoms with Gasteiger partial charge in [0, 0.05) is 0 Å². The molecule has 1 aliphatic carbocycles. The van der Waals surface area contributed by atoms with E-state index < -0.39 is 0 Å². The van der Waals surface area contributed by atoms with Crippen LogP contribution in [0.5, 0.6) is 0 Å². The van der Waals surface area contributed by atoms with Gasteiger partial charge in [0.05, 0.1) is 0 Å². The van der Waals surface area contributed by atoms with Gasteiger partial charge in [0.1, 0.15) is 5.82 Å². The zero-order valence-electron chi connectivity index (χ0n) is 6.89. The zero-order valence-corrected chi connectivity index (χ0v) is 6.89. The molecule has 0 amide bonds. The minimum absolute atomic E-state index is 0.139. The summed E-state index contributed by atoms with van der Waals surface area (Å²) in [4.78, 5) is 0. The lowest BCUT2D eigenvalue weighted by Gasteiger charge is -2.00. The maximum absolute atomic E-state index is 12.8. The van der Waals surface area contributed by atoms with Crippen molar-refractivity contribution in [1.29, 1.82) is 0 Å². The van der Waals surface area contributed by atoms with Crippen molar-refractivity contribution in [3.63, 3.8) is 0 Å². The highest BCUT2D eigenvalue weighted by Crippen LogP contribution is 2.27. The van der Waals surface area contributed by atoms with Crippen LogP contribution >= 0.6 is 0 Å². The molecule has 0 saturated heterocycles. The first kappa shape index (κ1) is 7.53. The van der Waals surface area contributed by atoms with Crippen molar-refractivity contribution >= 4 is 5.57 Å². The summed E-state index contributed by atoms with van der Waals surface area (Å²) in [5, 5.41) is 0. The number of hydrogen-bond donors (Lipinski definition) is 0. The average molecular weight is 162 g/mol. The van der Waals surface area contributed by atoms with E-state index in [9.17, 15) is 4.39 Å². The number of allylic oxidation sites excluding steroid dienone is 2. The fourth-order valence-corrected chi connectivity index (χ4v) is 1.62. The minimum Gasteiger partial charge on any atom is -0.207 e. The van der Waals surface area contributed by atoms with Crippen LogP contribution in [-0.2, 0) is 0 Å². The van der Waals surface area contributed by atoms with Gasteiger partial charge in [-0.1, -0.05) is 18.2 Å². The lowest BCUT2D eigenvalue weighted by Crippen LogP contribution is -1.81. The van der Waals surface area contributed by atoms with Gasteiger partial charge in [-0.25, -0.2) is 4.39 Å². The van der Waals surface area contributed by atoms with Gasteiger partial charge < -0.3 is 0 Å². The number of hydrogen-bond acceptors (Lipinski definition) is 0. The summed E-state index contributed by atoms with van der Waals surface area (Å²) in [7, 11) is 0. The molecule has 0 nitrogen and oxygen atoms in total. The number of halogens is 1. The standard InChI is InChI=1S/C11H11F/c12-11-7-3-6-10(8-11)9-4-1-2-5-9/h3-4,6-8H,1-2,5H2. The van der Waals surface area contributed by atoms with Crippen LogP contribution in [0.15, 0.2) is 30.3 Å². The Bertz CT molecular complexity index is 313. The molecule has 1 heteroatoms. The fourth-order valence-electron chi connectivity index (χ4n) is 1.62. The molecule has 0 radical (unpaired) electrons. The third-order valence-electron chi connectivity index (χ3n) is 2.24. The van der Waals surface area contributed by atoms with Crippen molar-refractivity contribution in [3.8, 4) is 0 Å². The quantitative estimate of drug-likeness (QED) is 0.593. The summed E-state index contributed by atoms with van der Waals surface area (Å²) in [5.74, 6) is -0.139. The summed E-state index contributed by atoms with van der Waals surface area (Å²) < 4.78 is 12.8. The molecule has 62 valence electrons. The average Bonchev–Trinajstić information content (AvgIpc) is 2.56. The van der Waals surface area contributed by atoms with Crippen LogP contribution in [0.25, 0.3) is 5.57 Å². The van der Waals surface area contributed by atoms with E-state index >= 15 is 0 Å². The molecule has 1 aromatic carbocycles. The van der Waals surface area contributed by atoms with Crippen LogP contribution < -0.4 is 0 Å². The predicted molar refractivity (Wildman–Crippen MR) is 48.2 cm³/mol. The Kier molecular flexibility index (Phi) is 1.94. The summed E-state index contributed by atoms with van der Waals surface area (Å²) in [6.45, 7) is 0. The summed E-state index contributed by atoms with van der Waals surface area (Å²) in [5.41, 5.74) is 2.35. The van der Waals surface area contributed by atoms with E-state index in [-0.39, 0.29) is 5.82 Å². The van der Waals surface area contributed by atoms with Gasteiger partial charge >= 0.3 is 0 Å². The summed E-state index contributed by atoms with van der Waals surface area (Å²) in [6, 6.07) is 6.83. The largest absolute Gasteiger partial charge is 0.207 e. The molecule has 0 aromatic heterocycles. The Hall–Kier alpha value is -1.11. The second-order valence-corrected chi connectivity index (χ2v) is 3.13. The molecular weight excluding hydrogens is 151 g/mol. The van der Waals surface area contributed by atoms with Crippen molar-refractivity contribution < 1.29 is 4.39 Å². The van der Waals surface area contributed by atoms with Gasteiger partial charge in [-0.2, -0.15) is 0 Å². The topological polar surface area (TPSA) is 0 Å². The van der Waals surface area contributed by atoms with E-state index in [4.69, 9.17) is 0 Å². The molecule has 0 spiro atoms. The van der Waals surface area contributed by atoms with Gasteiger partial charge in [-0.15, -0.1) is 0 Å². The molecule has 0 aliphatic heterocycles. The Morgan fingerprint density at radius 3 is 2.83 bits per heavy atom. The van der Waals surface area contributed by atoms with E-state index in [1.54, 1.807) is 12.1 Å². The monoisotopic (exact) mass is 162 g/mol. The number of rotatable bonds is 1. The van der Waals surface area contributed by atoms with Gasteiger partial charge in [0.25, 0.3) is 0 Å². The molecule has 0 N–H and O–H groups in total. The van der Waals surface area contributed by atoms with Crippen LogP contribution in [0.1, 0.15) is 24.8 Å². The maximum Gasteiger partial charge on any atom is 0.123 e. The molecule has 0 saturated carbocycles. The zero-order chi connectivity index (χ0) is 8.39. The molecule has 0 heterocycles. The highest BCUT2D eigenvalue weighted by molar-refractivity contribution is 5.66. The molecule has 0 fully saturated rings. The fraction of sp³-hybridized carbons (Fsp3) is 0.273. The number of benzene rings is 1. The van der Waals surface area contributed by atoms with Crippen molar-refractivity contribution in [2.45, 2.75) is 19.3 Å². The molecule has 1 aromatic rings. The second kappa shape index (κ2) is 3.10. The third-order valence-corrected chi connectivity index (χ3v) is 2.24. The first-order valence-electron chi connectivity index (χ1n) is 4.31. The van der Waals surface area contributed by atoms with E-state index in [1.165, 1.54) is 18.1 Å². The van der Waals surface area contributed by atoms with Gasteiger partial charge in [-0.05, 0) is 42.5 Å². The SMILES string of the molecule is Fc1cccc(C2=CCCC2)c1. The first-order valence-corrected chi connectivity index (χ1v) is 4.31. The van der Waals surface area contributed by atoms with Gasteiger partial charge in [0.2, 0.25) is 0 Å². The van der Waals surface area contributed by atoms with Crippen molar-refractivity contribution in [2.75, 3.05) is 0 Å². The molecule has 0 unspecified atom stereocenters. The van der Waals surface area contributed by atoms with E-state index in [0.717, 1.165) is 18.4 Å². The van der Waals surface area contributed by atoms with Crippen LogP contribution in [0.4, 0.5) is 4.39 Å². The Morgan fingerprint density at radius 2 is 2.17 bits per heavy atom. The molecular formula is C11H11F. The summed E-state index contributed by atoms with van der Waals surface area (Å²) >= 11 is 0. The first-order chi connectivity index (χ1) is 5.86. The lowest BCUT2D eigenvalue weighted by atomic mass is 10.1. The molecule has 0 atom stereocenters. The van der Waals surface area contributed by atoms with Crippen molar-refractivity contribution in [3.05, 3.63) is 41.7 Å². The van der Waals surface area contributed by atoms with E-state index in [2.05, 4.69) is 6.08 Å². The van der Waals surface area contributed by atoms with Crippen LogP contribution in [0.3, 0.4) is 0 Å². The lowest BCUT2D eigenvalue weighted by molar-refractivity contribution is 0.627. The Morgan fingerprint density at radius 1 is 1.25 bits per heavy atom. The van der Waals surface area contributed by atoms with Crippen LogP contribution in [-0.4, -0.2) is 0 Å². The van der Waals surface area contributed by atoms with Gasteiger partial charge in [-0.3, -0.25) is 0 Å². The Balaban J connectivity index is 2.33. The van der Waals surface area contributed by atoms with Gasteiger partial charge in [0.15, 0.2) is 0 Å². The van der Waals surface area contributed by atoms with Crippen LogP contribution in [0, 0.1) is 5.82 Å². The third kappa shape index (κ3) is 1.40. The molecule has 0 bridgehead atoms. The second-order valence-electron chi connectivity index (χ2n) is 3.13. The molecule has 2 rings (SSSR count). The van der Waals surface area contributed by atoms with E-state index in [0.29, 0.717) is 0 Å². The summed E-state index contributed by atoms with van der Waals surface area (Å²) in [6.07, 6.45) is 5.66. The van der Waals surface area contributed by atoms with Crippen molar-refractivity contribution in [2.24, 2.45) is 0 Å². The predicted octanol–water partition coefficient (Wildman–Crippen LogP) is 3.39. The van der Waals surface area contributed by atoms with Crippen LogP contribution in [0.2, 0.25) is 0 Å². The minimum atomic E-state index is -0.139. The smallest absolute Gasteiger partial charge is 0.123 e. The van der Waals surface area contributed by atoms with E-state index in [1.807, 2.05) is 6.07 Å². The maximum atomic E-state index is 12.8. The normalized spacial score (nSPS) is 16.2. The van der Waals surface area contributed by atoms with Crippen molar-refractivity contribution in [1.82, 2.24) is 0 Å². The highest BCUT2D eigenvalue weighted by Gasteiger charge is 2.06. The highest BCUT2D eigenvalue weighted by atomic mass is 19.1. The Labute approximate surface area is 71.7 Å².